The molecular weight excluding hydrogens is 300 g/mol. The number of nitrogens with zero attached hydrogens (tertiary/aromatic N) is 1. The third-order valence-electron chi connectivity index (χ3n) is 3.28. The van der Waals surface area contributed by atoms with Gasteiger partial charge >= 0.3 is 0 Å². The number of halogens is 1. The zero-order valence-electron chi connectivity index (χ0n) is 11.1. The van der Waals surface area contributed by atoms with Crippen molar-refractivity contribution in [2.24, 2.45) is 0 Å². The Morgan fingerprint density at radius 3 is 2.60 bits per heavy atom. The molecule has 7 heteroatoms. The van der Waals surface area contributed by atoms with Gasteiger partial charge in [-0.15, -0.1) is 11.6 Å². The monoisotopic (exact) mass is 318 g/mol. The molecule has 20 heavy (non-hydrogen) atoms. The van der Waals surface area contributed by atoms with Crippen molar-refractivity contribution in [1.29, 1.82) is 0 Å². The molecule has 5 nitrogen and oxygen atoms in total. The molecule has 0 aliphatic carbocycles. The van der Waals surface area contributed by atoms with Gasteiger partial charge in [-0.3, -0.25) is 0 Å². The summed E-state index contributed by atoms with van der Waals surface area (Å²) in [6.07, 6.45) is 1.10. The summed E-state index contributed by atoms with van der Waals surface area (Å²) in [6, 6.07) is 6.75. The maximum atomic E-state index is 12.6. The maximum absolute atomic E-state index is 12.6. The number of sulfonamides is 1. The number of anilines is 1. The van der Waals surface area contributed by atoms with Crippen LogP contribution in [-0.2, 0) is 10.0 Å². The van der Waals surface area contributed by atoms with E-state index in [2.05, 4.69) is 5.32 Å². The van der Waals surface area contributed by atoms with E-state index >= 15 is 0 Å². The molecule has 1 fully saturated rings. The quantitative estimate of drug-likeness (QED) is 0.780. The number of nitrogens with one attached hydrogen (secondary N) is 1. The summed E-state index contributed by atoms with van der Waals surface area (Å²) < 4.78 is 26.6. The number of para-hydroxylation sites is 1. The Hall–Kier alpha value is -0.820. The highest BCUT2D eigenvalue weighted by atomic mass is 35.5. The van der Waals surface area contributed by atoms with Gasteiger partial charge in [-0.1, -0.05) is 12.1 Å². The Labute approximate surface area is 124 Å². The molecular formula is C13H19ClN2O3S. The highest BCUT2D eigenvalue weighted by Crippen LogP contribution is 2.26. The van der Waals surface area contributed by atoms with E-state index in [0.717, 1.165) is 12.8 Å². The number of hydrogen-bond donors (Lipinski definition) is 2. The summed E-state index contributed by atoms with van der Waals surface area (Å²) in [6.45, 7) is 1.36. The topological polar surface area (TPSA) is 69.6 Å². The van der Waals surface area contributed by atoms with Gasteiger partial charge in [0.2, 0.25) is 10.0 Å². The summed E-state index contributed by atoms with van der Waals surface area (Å²) in [4.78, 5) is 0.253. The lowest BCUT2D eigenvalue weighted by Crippen LogP contribution is -2.29. The second-order valence-electron chi connectivity index (χ2n) is 4.80. The number of aliphatic hydroxyl groups excluding tert-OH is 1. The number of rotatable bonds is 6. The van der Waals surface area contributed by atoms with Crippen molar-refractivity contribution in [1.82, 2.24) is 4.31 Å². The molecule has 0 saturated carbocycles. The molecule has 0 radical (unpaired) electrons. The first-order chi connectivity index (χ1) is 9.55. The molecule has 1 atom stereocenters. The van der Waals surface area contributed by atoms with Crippen LogP contribution < -0.4 is 5.32 Å². The van der Waals surface area contributed by atoms with Crippen LogP contribution in [0.25, 0.3) is 0 Å². The van der Waals surface area contributed by atoms with Crippen LogP contribution in [0.2, 0.25) is 0 Å². The van der Waals surface area contributed by atoms with Gasteiger partial charge in [-0.2, -0.15) is 4.31 Å². The van der Waals surface area contributed by atoms with E-state index in [1.807, 2.05) is 0 Å². The van der Waals surface area contributed by atoms with E-state index in [1.165, 1.54) is 4.31 Å². The standard InChI is InChI=1S/C13H19ClN2O3S/c14-9-11(17)10-15-12-5-1-2-6-13(12)20(18,19)16-7-3-4-8-16/h1-2,5-6,11,15,17H,3-4,7-10H2. The van der Waals surface area contributed by atoms with Crippen molar-refractivity contribution in [3.8, 4) is 0 Å². The lowest BCUT2D eigenvalue weighted by molar-refractivity contribution is 0.211. The predicted octanol–water partition coefficient (Wildman–Crippen LogP) is 1.48. The maximum Gasteiger partial charge on any atom is 0.245 e. The van der Waals surface area contributed by atoms with Gasteiger partial charge in [0.05, 0.1) is 17.7 Å². The number of aliphatic hydroxyl groups is 1. The number of benzene rings is 1. The summed E-state index contributed by atoms with van der Waals surface area (Å²) in [5.41, 5.74) is 0.503. The van der Waals surface area contributed by atoms with Crippen LogP contribution in [0, 0.1) is 0 Å². The first kappa shape index (κ1) is 15.6. The van der Waals surface area contributed by atoms with Gasteiger partial charge in [0, 0.05) is 19.6 Å². The molecule has 1 aromatic rings. The molecule has 2 rings (SSSR count). The second kappa shape index (κ2) is 6.76. The van der Waals surface area contributed by atoms with E-state index in [4.69, 9.17) is 11.6 Å². The zero-order valence-corrected chi connectivity index (χ0v) is 12.7. The molecule has 2 N–H and O–H groups in total. The normalized spacial score (nSPS) is 18.1. The minimum Gasteiger partial charge on any atom is -0.390 e. The Morgan fingerprint density at radius 2 is 1.95 bits per heavy atom. The van der Waals surface area contributed by atoms with Crippen molar-refractivity contribution in [3.05, 3.63) is 24.3 Å². The minimum absolute atomic E-state index is 0.105. The molecule has 0 aromatic heterocycles. The van der Waals surface area contributed by atoms with E-state index in [9.17, 15) is 13.5 Å². The summed E-state index contributed by atoms with van der Waals surface area (Å²) in [5, 5.41) is 12.4. The Balaban J connectivity index is 2.22. The summed E-state index contributed by atoms with van der Waals surface area (Å²) in [7, 11) is -3.47. The van der Waals surface area contributed by atoms with Crippen LogP contribution in [0.4, 0.5) is 5.69 Å². The minimum atomic E-state index is -3.47. The lowest BCUT2D eigenvalue weighted by Gasteiger charge is -2.19. The zero-order chi connectivity index (χ0) is 14.6. The highest BCUT2D eigenvalue weighted by molar-refractivity contribution is 7.89. The highest BCUT2D eigenvalue weighted by Gasteiger charge is 2.29. The van der Waals surface area contributed by atoms with E-state index in [-0.39, 0.29) is 17.3 Å². The third-order valence-corrected chi connectivity index (χ3v) is 5.59. The van der Waals surface area contributed by atoms with Crippen LogP contribution in [0.3, 0.4) is 0 Å². The first-order valence-electron chi connectivity index (χ1n) is 6.63. The predicted molar refractivity (Wildman–Crippen MR) is 79.7 cm³/mol. The Morgan fingerprint density at radius 1 is 1.30 bits per heavy atom. The largest absolute Gasteiger partial charge is 0.390 e. The van der Waals surface area contributed by atoms with E-state index in [0.29, 0.717) is 18.8 Å². The first-order valence-corrected chi connectivity index (χ1v) is 8.60. The second-order valence-corrected chi connectivity index (χ2v) is 7.01. The SMILES string of the molecule is O=S(=O)(c1ccccc1NCC(O)CCl)N1CCCC1. The van der Waals surface area contributed by atoms with Gasteiger partial charge in [0.15, 0.2) is 0 Å². The molecule has 1 aliphatic rings. The van der Waals surface area contributed by atoms with Crippen molar-refractivity contribution >= 4 is 27.3 Å². The molecule has 1 heterocycles. The molecule has 1 saturated heterocycles. The molecule has 1 aliphatic heterocycles. The van der Waals surface area contributed by atoms with Crippen LogP contribution in [-0.4, -0.2) is 49.4 Å². The molecule has 1 aromatic carbocycles. The van der Waals surface area contributed by atoms with Crippen LogP contribution in [0.15, 0.2) is 29.2 Å². The van der Waals surface area contributed by atoms with Gasteiger partial charge < -0.3 is 10.4 Å². The van der Waals surface area contributed by atoms with Gasteiger partial charge in [-0.25, -0.2) is 8.42 Å². The fraction of sp³-hybridized carbons (Fsp3) is 0.538. The molecule has 1 unspecified atom stereocenters. The van der Waals surface area contributed by atoms with Gasteiger partial charge in [0.1, 0.15) is 4.90 Å². The smallest absolute Gasteiger partial charge is 0.245 e. The Kier molecular flexibility index (Phi) is 5.26. The van der Waals surface area contributed by atoms with Crippen molar-refractivity contribution in [2.45, 2.75) is 23.8 Å². The molecule has 0 bridgehead atoms. The Bertz CT molecular complexity index is 544. The van der Waals surface area contributed by atoms with Crippen molar-refractivity contribution in [3.63, 3.8) is 0 Å². The van der Waals surface area contributed by atoms with Crippen molar-refractivity contribution < 1.29 is 13.5 Å². The summed E-state index contributed by atoms with van der Waals surface area (Å²) >= 11 is 5.54. The fourth-order valence-corrected chi connectivity index (χ4v) is 3.98. The third kappa shape index (κ3) is 3.44. The molecule has 112 valence electrons. The summed E-state index contributed by atoms with van der Waals surface area (Å²) in [5.74, 6) is 0.105. The lowest BCUT2D eigenvalue weighted by atomic mass is 10.3. The average molecular weight is 319 g/mol. The fourth-order valence-electron chi connectivity index (χ4n) is 2.19. The van der Waals surface area contributed by atoms with Crippen LogP contribution in [0.5, 0.6) is 0 Å². The van der Waals surface area contributed by atoms with Crippen LogP contribution in [0.1, 0.15) is 12.8 Å². The van der Waals surface area contributed by atoms with E-state index < -0.39 is 16.1 Å². The molecule has 0 amide bonds. The average Bonchev–Trinajstić information content (AvgIpc) is 3.00. The number of alkyl halides is 1. The van der Waals surface area contributed by atoms with Crippen LogP contribution >= 0.6 is 11.6 Å². The number of hydrogen-bond acceptors (Lipinski definition) is 4. The van der Waals surface area contributed by atoms with Crippen molar-refractivity contribution in [2.75, 3.05) is 30.8 Å². The van der Waals surface area contributed by atoms with Gasteiger partial charge in [-0.05, 0) is 25.0 Å². The van der Waals surface area contributed by atoms with Gasteiger partial charge in [0.25, 0.3) is 0 Å². The van der Waals surface area contributed by atoms with E-state index in [1.54, 1.807) is 24.3 Å². The molecule has 0 spiro atoms.